The SMILES string of the molecule is CCCOCC(=O)N1CCN(C(C)C(N)=S)CC1. The van der Waals surface area contributed by atoms with Gasteiger partial charge in [0.1, 0.15) is 6.61 Å². The molecule has 2 N–H and O–H groups in total. The minimum atomic E-state index is 0.0751. The van der Waals surface area contributed by atoms with Crippen molar-refractivity contribution in [1.29, 1.82) is 0 Å². The van der Waals surface area contributed by atoms with E-state index in [0.717, 1.165) is 32.6 Å². The van der Waals surface area contributed by atoms with Crippen LogP contribution in [0.4, 0.5) is 0 Å². The van der Waals surface area contributed by atoms with Crippen molar-refractivity contribution in [1.82, 2.24) is 9.80 Å². The molecule has 1 unspecified atom stereocenters. The van der Waals surface area contributed by atoms with E-state index in [-0.39, 0.29) is 18.6 Å². The quantitative estimate of drug-likeness (QED) is 0.554. The van der Waals surface area contributed by atoms with Gasteiger partial charge in [-0.3, -0.25) is 9.69 Å². The lowest BCUT2D eigenvalue weighted by Gasteiger charge is -2.37. The standard InChI is InChI=1S/C12H23N3O2S/c1-3-8-17-9-11(16)15-6-4-14(5-7-15)10(2)12(13)18/h10H,3-9H2,1-2H3,(H2,13,18). The van der Waals surface area contributed by atoms with Crippen molar-refractivity contribution in [3.8, 4) is 0 Å². The smallest absolute Gasteiger partial charge is 0.248 e. The van der Waals surface area contributed by atoms with Crippen molar-refractivity contribution in [2.75, 3.05) is 39.4 Å². The Morgan fingerprint density at radius 3 is 2.50 bits per heavy atom. The van der Waals surface area contributed by atoms with Gasteiger partial charge in [0, 0.05) is 32.8 Å². The summed E-state index contributed by atoms with van der Waals surface area (Å²) in [6.45, 7) is 7.95. The maximum atomic E-state index is 11.8. The van der Waals surface area contributed by atoms with E-state index in [2.05, 4.69) is 4.90 Å². The lowest BCUT2D eigenvalue weighted by Crippen LogP contribution is -2.54. The third-order valence-electron chi connectivity index (χ3n) is 3.20. The second kappa shape index (κ2) is 7.66. The zero-order valence-electron chi connectivity index (χ0n) is 11.2. The first kappa shape index (κ1) is 15.3. The van der Waals surface area contributed by atoms with Gasteiger partial charge < -0.3 is 15.4 Å². The number of hydrogen-bond acceptors (Lipinski definition) is 4. The molecule has 6 heteroatoms. The first-order chi connectivity index (χ1) is 8.56. The number of carbonyl (C=O) groups is 1. The molecule has 5 nitrogen and oxygen atoms in total. The monoisotopic (exact) mass is 273 g/mol. The molecule has 0 aromatic rings. The van der Waals surface area contributed by atoms with Crippen molar-refractivity contribution in [2.45, 2.75) is 26.3 Å². The molecule has 0 spiro atoms. The normalized spacial score (nSPS) is 18.7. The summed E-state index contributed by atoms with van der Waals surface area (Å²) in [5.41, 5.74) is 5.63. The van der Waals surface area contributed by atoms with Crippen LogP contribution in [0.2, 0.25) is 0 Å². The summed E-state index contributed by atoms with van der Waals surface area (Å²) in [5.74, 6) is 0.0751. The average Bonchev–Trinajstić information content (AvgIpc) is 2.38. The van der Waals surface area contributed by atoms with Gasteiger partial charge in [0.05, 0.1) is 11.0 Å². The van der Waals surface area contributed by atoms with Crippen LogP contribution in [0.25, 0.3) is 0 Å². The number of piperazine rings is 1. The van der Waals surface area contributed by atoms with Crippen LogP contribution in [0, 0.1) is 0 Å². The zero-order chi connectivity index (χ0) is 13.5. The molecule has 1 amide bonds. The first-order valence-electron chi connectivity index (χ1n) is 6.45. The number of hydrogen-bond donors (Lipinski definition) is 1. The van der Waals surface area contributed by atoms with Gasteiger partial charge in [-0.25, -0.2) is 0 Å². The number of carbonyl (C=O) groups excluding carboxylic acids is 1. The summed E-state index contributed by atoms with van der Waals surface area (Å²) in [6.07, 6.45) is 0.937. The molecule has 1 heterocycles. The molecule has 1 aliphatic heterocycles. The van der Waals surface area contributed by atoms with Gasteiger partial charge in [0.2, 0.25) is 5.91 Å². The van der Waals surface area contributed by atoms with E-state index in [9.17, 15) is 4.79 Å². The van der Waals surface area contributed by atoms with Gasteiger partial charge in [-0.05, 0) is 13.3 Å². The Labute approximate surface area is 114 Å². The van der Waals surface area contributed by atoms with E-state index in [1.54, 1.807) is 0 Å². The highest BCUT2D eigenvalue weighted by molar-refractivity contribution is 7.80. The van der Waals surface area contributed by atoms with E-state index >= 15 is 0 Å². The van der Waals surface area contributed by atoms with E-state index in [0.29, 0.717) is 11.6 Å². The Bertz CT molecular complexity index is 291. The van der Waals surface area contributed by atoms with Gasteiger partial charge in [0.15, 0.2) is 0 Å². The minimum absolute atomic E-state index is 0.0751. The maximum absolute atomic E-state index is 11.8. The fourth-order valence-electron chi connectivity index (χ4n) is 1.93. The summed E-state index contributed by atoms with van der Waals surface area (Å²) in [7, 11) is 0. The highest BCUT2D eigenvalue weighted by Gasteiger charge is 2.24. The van der Waals surface area contributed by atoms with Gasteiger partial charge >= 0.3 is 0 Å². The van der Waals surface area contributed by atoms with E-state index < -0.39 is 0 Å². The molecule has 0 aromatic carbocycles. The second-order valence-corrected chi connectivity index (χ2v) is 5.02. The van der Waals surface area contributed by atoms with Crippen molar-refractivity contribution in [3.05, 3.63) is 0 Å². The van der Waals surface area contributed by atoms with Crippen LogP contribution in [0.1, 0.15) is 20.3 Å². The van der Waals surface area contributed by atoms with Crippen LogP contribution in [-0.4, -0.2) is 66.1 Å². The van der Waals surface area contributed by atoms with Crippen LogP contribution < -0.4 is 5.73 Å². The molecule has 18 heavy (non-hydrogen) atoms. The second-order valence-electron chi connectivity index (χ2n) is 4.55. The van der Waals surface area contributed by atoms with Gasteiger partial charge in [-0.15, -0.1) is 0 Å². The molecular weight excluding hydrogens is 250 g/mol. The zero-order valence-corrected chi connectivity index (χ0v) is 12.0. The Balaban J connectivity index is 2.30. The van der Waals surface area contributed by atoms with E-state index in [1.807, 2.05) is 18.7 Å². The van der Waals surface area contributed by atoms with Crippen LogP contribution in [0.5, 0.6) is 0 Å². The van der Waals surface area contributed by atoms with Gasteiger partial charge in [-0.1, -0.05) is 19.1 Å². The lowest BCUT2D eigenvalue weighted by molar-refractivity contribution is -0.138. The van der Waals surface area contributed by atoms with E-state index in [4.69, 9.17) is 22.7 Å². The third kappa shape index (κ3) is 4.51. The molecule has 0 aliphatic carbocycles. The van der Waals surface area contributed by atoms with Crippen molar-refractivity contribution >= 4 is 23.1 Å². The Morgan fingerprint density at radius 1 is 1.39 bits per heavy atom. The van der Waals surface area contributed by atoms with Gasteiger partial charge in [-0.2, -0.15) is 0 Å². The summed E-state index contributed by atoms with van der Waals surface area (Å²) in [5, 5.41) is 0. The molecule has 1 atom stereocenters. The molecule has 0 bridgehead atoms. The molecule has 0 aromatic heterocycles. The van der Waals surface area contributed by atoms with E-state index in [1.165, 1.54) is 0 Å². The van der Waals surface area contributed by atoms with Crippen LogP contribution in [0.15, 0.2) is 0 Å². The van der Waals surface area contributed by atoms with Crippen LogP contribution in [-0.2, 0) is 9.53 Å². The fourth-order valence-corrected chi connectivity index (χ4v) is 2.08. The van der Waals surface area contributed by atoms with Crippen LogP contribution in [0.3, 0.4) is 0 Å². The molecule has 1 aliphatic rings. The van der Waals surface area contributed by atoms with Crippen molar-refractivity contribution in [2.24, 2.45) is 5.73 Å². The summed E-state index contributed by atoms with van der Waals surface area (Å²) >= 11 is 4.99. The molecular formula is C12H23N3O2S. The highest BCUT2D eigenvalue weighted by atomic mass is 32.1. The first-order valence-corrected chi connectivity index (χ1v) is 6.86. The number of nitrogens with two attached hydrogens (primary N) is 1. The Kier molecular flexibility index (Phi) is 6.52. The number of nitrogens with zero attached hydrogens (tertiary/aromatic N) is 2. The van der Waals surface area contributed by atoms with Gasteiger partial charge in [0.25, 0.3) is 0 Å². The van der Waals surface area contributed by atoms with Crippen molar-refractivity contribution < 1.29 is 9.53 Å². The molecule has 1 fully saturated rings. The molecule has 1 saturated heterocycles. The largest absolute Gasteiger partial charge is 0.392 e. The summed E-state index contributed by atoms with van der Waals surface area (Å²) in [6, 6.07) is 0.105. The minimum Gasteiger partial charge on any atom is -0.392 e. The Morgan fingerprint density at radius 2 is 2.00 bits per heavy atom. The summed E-state index contributed by atoms with van der Waals surface area (Å²) < 4.78 is 5.26. The number of ether oxygens (including phenoxy) is 1. The topological polar surface area (TPSA) is 58.8 Å². The van der Waals surface area contributed by atoms with Crippen LogP contribution >= 0.6 is 12.2 Å². The number of thiocarbonyl (C=S) groups is 1. The highest BCUT2D eigenvalue weighted by Crippen LogP contribution is 2.07. The summed E-state index contributed by atoms with van der Waals surface area (Å²) in [4.78, 5) is 16.4. The predicted molar refractivity (Wildman–Crippen MR) is 75.5 cm³/mol. The number of amides is 1. The van der Waals surface area contributed by atoms with Crippen molar-refractivity contribution in [3.63, 3.8) is 0 Å². The lowest BCUT2D eigenvalue weighted by atomic mass is 10.2. The molecule has 0 saturated carbocycles. The third-order valence-corrected chi connectivity index (χ3v) is 3.54. The molecule has 0 radical (unpaired) electrons. The number of rotatable bonds is 6. The Hall–Kier alpha value is -0.720. The predicted octanol–water partition coefficient (Wildman–Crippen LogP) is 0.232. The maximum Gasteiger partial charge on any atom is 0.248 e. The average molecular weight is 273 g/mol. The molecule has 104 valence electrons. The molecule has 1 rings (SSSR count). The fraction of sp³-hybridized carbons (Fsp3) is 0.833.